The molecule has 1 N–H and O–H groups in total. The molecular formula is C12H15FO4. The molecule has 0 saturated carbocycles. The third-order valence-corrected chi connectivity index (χ3v) is 2.58. The Hall–Kier alpha value is -1.62. The van der Waals surface area contributed by atoms with Gasteiger partial charge >= 0.3 is 5.97 Å². The van der Waals surface area contributed by atoms with Gasteiger partial charge in [0.1, 0.15) is 11.6 Å². The van der Waals surface area contributed by atoms with Gasteiger partial charge in [-0.1, -0.05) is 6.07 Å². The summed E-state index contributed by atoms with van der Waals surface area (Å²) in [6.07, 6.45) is 0. The quantitative estimate of drug-likeness (QED) is 0.859. The number of carboxylic acid groups (broad SMARTS) is 1. The van der Waals surface area contributed by atoms with E-state index in [0.717, 1.165) is 0 Å². The van der Waals surface area contributed by atoms with Crippen LogP contribution in [0.1, 0.15) is 24.0 Å². The van der Waals surface area contributed by atoms with Gasteiger partial charge in [-0.05, 0) is 13.0 Å². The van der Waals surface area contributed by atoms with Gasteiger partial charge in [0.05, 0.1) is 25.2 Å². The zero-order chi connectivity index (χ0) is 13.0. The normalized spacial score (nSPS) is 12.2. The van der Waals surface area contributed by atoms with Crippen LogP contribution in [0.25, 0.3) is 0 Å². The zero-order valence-electron chi connectivity index (χ0n) is 9.99. The van der Waals surface area contributed by atoms with Crippen molar-refractivity contribution in [2.75, 3.05) is 14.2 Å². The van der Waals surface area contributed by atoms with Crippen LogP contribution in [0.15, 0.2) is 12.1 Å². The fourth-order valence-corrected chi connectivity index (χ4v) is 1.56. The summed E-state index contributed by atoms with van der Waals surface area (Å²) in [5.74, 6) is -2.21. The lowest BCUT2D eigenvalue weighted by atomic mass is 9.98. The Morgan fingerprint density at radius 2 is 2.12 bits per heavy atom. The molecule has 0 aliphatic carbocycles. The number of carbonyl (C=O) groups is 1. The molecule has 0 aliphatic rings. The van der Waals surface area contributed by atoms with Crippen LogP contribution in [-0.2, 0) is 16.1 Å². The van der Waals surface area contributed by atoms with E-state index in [4.69, 9.17) is 14.6 Å². The monoisotopic (exact) mass is 242 g/mol. The lowest BCUT2D eigenvalue weighted by Gasteiger charge is -2.14. The van der Waals surface area contributed by atoms with E-state index in [-0.39, 0.29) is 17.7 Å². The van der Waals surface area contributed by atoms with Crippen LogP contribution < -0.4 is 4.74 Å². The van der Waals surface area contributed by atoms with Crippen LogP contribution in [0, 0.1) is 5.82 Å². The molecule has 1 rings (SSSR count). The van der Waals surface area contributed by atoms with E-state index < -0.39 is 17.7 Å². The summed E-state index contributed by atoms with van der Waals surface area (Å²) in [7, 11) is 2.86. The van der Waals surface area contributed by atoms with Crippen LogP contribution in [0.2, 0.25) is 0 Å². The second kappa shape index (κ2) is 5.63. The minimum atomic E-state index is -1.07. The summed E-state index contributed by atoms with van der Waals surface area (Å²) in [5.41, 5.74) is 0.367. The van der Waals surface area contributed by atoms with E-state index in [1.165, 1.54) is 27.2 Å². The number of carboxylic acids is 1. The first kappa shape index (κ1) is 13.4. The number of aliphatic carboxylic acids is 1. The Morgan fingerprint density at radius 1 is 1.47 bits per heavy atom. The summed E-state index contributed by atoms with van der Waals surface area (Å²) in [4.78, 5) is 10.8. The maximum Gasteiger partial charge on any atom is 0.310 e. The third kappa shape index (κ3) is 2.74. The van der Waals surface area contributed by atoms with Gasteiger partial charge in [-0.3, -0.25) is 4.79 Å². The van der Waals surface area contributed by atoms with Crippen molar-refractivity contribution in [2.24, 2.45) is 0 Å². The van der Waals surface area contributed by atoms with Crippen LogP contribution in [0.3, 0.4) is 0 Å². The molecule has 94 valence electrons. The molecule has 0 bridgehead atoms. The Labute approximate surface area is 99.0 Å². The predicted octanol–water partition coefficient (Wildman–Crippen LogP) is 2.17. The smallest absolute Gasteiger partial charge is 0.310 e. The van der Waals surface area contributed by atoms with Gasteiger partial charge in [0.25, 0.3) is 0 Å². The Kier molecular flexibility index (Phi) is 4.45. The molecule has 0 heterocycles. The largest absolute Gasteiger partial charge is 0.496 e. The zero-order valence-corrected chi connectivity index (χ0v) is 9.99. The van der Waals surface area contributed by atoms with E-state index >= 15 is 0 Å². The number of methoxy groups -OCH3 is 2. The number of rotatable bonds is 5. The summed E-state index contributed by atoms with van der Waals surface area (Å²) < 4.78 is 24.0. The highest BCUT2D eigenvalue weighted by Crippen LogP contribution is 2.29. The van der Waals surface area contributed by atoms with Crippen molar-refractivity contribution in [3.8, 4) is 5.75 Å². The number of hydrogen-bond donors (Lipinski definition) is 1. The SMILES string of the molecule is COCc1c(OC)ccc(C(C)C(=O)O)c1F. The van der Waals surface area contributed by atoms with Crippen molar-refractivity contribution in [1.82, 2.24) is 0 Å². The van der Waals surface area contributed by atoms with Crippen molar-refractivity contribution < 1.29 is 23.8 Å². The minimum Gasteiger partial charge on any atom is -0.496 e. The summed E-state index contributed by atoms with van der Waals surface area (Å²) >= 11 is 0. The molecule has 1 aromatic rings. The highest BCUT2D eigenvalue weighted by atomic mass is 19.1. The lowest BCUT2D eigenvalue weighted by Crippen LogP contribution is -2.11. The molecular weight excluding hydrogens is 227 g/mol. The van der Waals surface area contributed by atoms with Crippen molar-refractivity contribution in [2.45, 2.75) is 19.4 Å². The molecule has 0 spiro atoms. The fourth-order valence-electron chi connectivity index (χ4n) is 1.56. The summed E-state index contributed by atoms with van der Waals surface area (Å²) in [6, 6.07) is 2.97. The molecule has 1 atom stereocenters. The molecule has 0 saturated heterocycles. The molecule has 0 aliphatic heterocycles. The van der Waals surface area contributed by atoms with Crippen LogP contribution in [0.5, 0.6) is 5.75 Å². The second-order valence-electron chi connectivity index (χ2n) is 3.64. The molecule has 0 fully saturated rings. The van der Waals surface area contributed by atoms with Crippen molar-refractivity contribution in [3.63, 3.8) is 0 Å². The van der Waals surface area contributed by atoms with E-state index in [2.05, 4.69) is 0 Å². The Morgan fingerprint density at radius 3 is 2.59 bits per heavy atom. The molecule has 0 aromatic heterocycles. The lowest BCUT2D eigenvalue weighted by molar-refractivity contribution is -0.138. The van der Waals surface area contributed by atoms with E-state index in [1.54, 1.807) is 6.07 Å². The van der Waals surface area contributed by atoms with Crippen LogP contribution >= 0.6 is 0 Å². The number of benzene rings is 1. The van der Waals surface area contributed by atoms with Crippen LogP contribution in [-0.4, -0.2) is 25.3 Å². The maximum atomic E-state index is 14.1. The van der Waals surface area contributed by atoms with Gasteiger partial charge in [-0.25, -0.2) is 4.39 Å². The fraction of sp³-hybridized carbons (Fsp3) is 0.417. The highest BCUT2D eigenvalue weighted by Gasteiger charge is 2.22. The average Bonchev–Trinajstić information content (AvgIpc) is 2.31. The highest BCUT2D eigenvalue weighted by molar-refractivity contribution is 5.75. The van der Waals surface area contributed by atoms with Gasteiger partial charge in [-0.2, -0.15) is 0 Å². The molecule has 0 radical (unpaired) electrons. The predicted molar refractivity (Wildman–Crippen MR) is 59.7 cm³/mol. The minimum absolute atomic E-state index is 0.0369. The van der Waals surface area contributed by atoms with Gasteiger partial charge in [0, 0.05) is 12.7 Å². The molecule has 17 heavy (non-hydrogen) atoms. The third-order valence-electron chi connectivity index (χ3n) is 2.58. The number of ether oxygens (including phenoxy) is 2. The molecule has 5 heteroatoms. The average molecular weight is 242 g/mol. The van der Waals surface area contributed by atoms with Crippen molar-refractivity contribution >= 4 is 5.97 Å². The van der Waals surface area contributed by atoms with Gasteiger partial charge in [-0.15, -0.1) is 0 Å². The molecule has 0 amide bonds. The van der Waals surface area contributed by atoms with Crippen molar-refractivity contribution in [3.05, 3.63) is 29.1 Å². The Balaban J connectivity index is 3.26. The summed E-state index contributed by atoms with van der Waals surface area (Å²) in [6.45, 7) is 1.47. The first-order valence-corrected chi connectivity index (χ1v) is 5.09. The molecule has 1 unspecified atom stereocenters. The molecule has 1 aromatic carbocycles. The van der Waals surface area contributed by atoms with Gasteiger partial charge < -0.3 is 14.6 Å². The van der Waals surface area contributed by atoms with E-state index in [1.807, 2.05) is 0 Å². The Bertz CT molecular complexity index is 417. The van der Waals surface area contributed by atoms with E-state index in [9.17, 15) is 9.18 Å². The topological polar surface area (TPSA) is 55.8 Å². The number of halogens is 1. The van der Waals surface area contributed by atoms with Crippen molar-refractivity contribution in [1.29, 1.82) is 0 Å². The molecule has 4 nitrogen and oxygen atoms in total. The first-order valence-electron chi connectivity index (χ1n) is 5.09. The van der Waals surface area contributed by atoms with E-state index in [0.29, 0.717) is 5.75 Å². The standard InChI is InChI=1S/C12H15FO4/c1-7(12(14)15)8-4-5-10(17-3)9(6-16-2)11(8)13/h4-5,7H,6H2,1-3H3,(H,14,15). The first-order chi connectivity index (χ1) is 8.02. The second-order valence-corrected chi connectivity index (χ2v) is 3.64. The van der Waals surface area contributed by atoms with Gasteiger partial charge in [0.15, 0.2) is 0 Å². The summed E-state index contributed by atoms with van der Waals surface area (Å²) in [5, 5.41) is 8.88. The number of hydrogen-bond acceptors (Lipinski definition) is 3. The maximum absolute atomic E-state index is 14.1. The van der Waals surface area contributed by atoms with Gasteiger partial charge in [0.2, 0.25) is 0 Å². The van der Waals surface area contributed by atoms with Crippen LogP contribution in [0.4, 0.5) is 4.39 Å².